The molecular formula is C17H26N2O. The van der Waals surface area contributed by atoms with E-state index in [0.29, 0.717) is 6.04 Å². The Hall–Kier alpha value is -1.32. The Morgan fingerprint density at radius 1 is 1.25 bits per heavy atom. The second-order valence-electron chi connectivity index (χ2n) is 5.73. The summed E-state index contributed by atoms with van der Waals surface area (Å²) in [5.74, 6) is 1.11. The van der Waals surface area contributed by atoms with Gasteiger partial charge in [-0.3, -0.25) is 0 Å². The molecule has 3 heteroatoms. The van der Waals surface area contributed by atoms with Crippen molar-refractivity contribution in [3.8, 4) is 0 Å². The Bertz CT molecular complexity index is 545. The van der Waals surface area contributed by atoms with Crippen LogP contribution in [0.1, 0.15) is 31.6 Å². The van der Waals surface area contributed by atoms with E-state index in [-0.39, 0.29) is 0 Å². The third-order valence-corrected chi connectivity index (χ3v) is 3.74. The summed E-state index contributed by atoms with van der Waals surface area (Å²) in [6.45, 7) is 6.39. The van der Waals surface area contributed by atoms with Gasteiger partial charge in [0.25, 0.3) is 0 Å². The van der Waals surface area contributed by atoms with Crippen molar-refractivity contribution < 1.29 is 4.42 Å². The molecule has 0 saturated carbocycles. The Labute approximate surface area is 122 Å². The summed E-state index contributed by atoms with van der Waals surface area (Å²) in [5, 5.41) is 4.87. The second kappa shape index (κ2) is 6.91. The highest BCUT2D eigenvalue weighted by molar-refractivity contribution is 5.82. The number of nitrogens with zero attached hydrogens (tertiary/aromatic N) is 1. The quantitative estimate of drug-likeness (QED) is 0.838. The van der Waals surface area contributed by atoms with Crippen LogP contribution in [0.25, 0.3) is 11.0 Å². The lowest BCUT2D eigenvalue weighted by atomic mass is 10.1. The average molecular weight is 274 g/mol. The minimum atomic E-state index is 0.510. The standard InChI is InChI=1S/C17H26N2O/c1-5-16-15(12-18-13(2)10-11-19(3)4)14-8-6-7-9-17(14)20-16/h6-9,13,18H,5,10-12H2,1-4H3. The lowest BCUT2D eigenvalue weighted by Gasteiger charge is -2.16. The van der Waals surface area contributed by atoms with Gasteiger partial charge in [0.2, 0.25) is 0 Å². The van der Waals surface area contributed by atoms with Crippen LogP contribution in [0.4, 0.5) is 0 Å². The molecule has 0 saturated heterocycles. The summed E-state index contributed by atoms with van der Waals surface area (Å²) in [4.78, 5) is 2.23. The molecule has 1 heterocycles. The van der Waals surface area contributed by atoms with Crippen molar-refractivity contribution >= 4 is 11.0 Å². The van der Waals surface area contributed by atoms with Gasteiger partial charge in [-0.2, -0.15) is 0 Å². The fourth-order valence-corrected chi connectivity index (χ4v) is 2.46. The zero-order chi connectivity index (χ0) is 14.5. The molecule has 2 rings (SSSR count). The number of hydrogen-bond donors (Lipinski definition) is 1. The van der Waals surface area contributed by atoms with Crippen molar-refractivity contribution in [3.05, 3.63) is 35.6 Å². The fraction of sp³-hybridized carbons (Fsp3) is 0.529. The summed E-state index contributed by atoms with van der Waals surface area (Å²) in [7, 11) is 4.23. The Balaban J connectivity index is 2.05. The maximum atomic E-state index is 5.93. The van der Waals surface area contributed by atoms with Crippen LogP contribution in [0.5, 0.6) is 0 Å². The molecule has 0 radical (unpaired) electrons. The van der Waals surface area contributed by atoms with E-state index in [4.69, 9.17) is 4.42 Å². The van der Waals surface area contributed by atoms with Gasteiger partial charge in [0, 0.05) is 30.0 Å². The topological polar surface area (TPSA) is 28.4 Å². The summed E-state index contributed by atoms with van der Waals surface area (Å²) < 4.78 is 5.93. The van der Waals surface area contributed by atoms with Crippen molar-refractivity contribution in [1.82, 2.24) is 10.2 Å². The van der Waals surface area contributed by atoms with Gasteiger partial charge >= 0.3 is 0 Å². The average Bonchev–Trinajstić information content (AvgIpc) is 2.80. The molecular weight excluding hydrogens is 248 g/mol. The maximum Gasteiger partial charge on any atom is 0.134 e. The zero-order valence-electron chi connectivity index (χ0n) is 13.1. The smallest absolute Gasteiger partial charge is 0.134 e. The monoisotopic (exact) mass is 274 g/mol. The summed E-state index contributed by atoms with van der Waals surface area (Å²) in [6.07, 6.45) is 2.10. The SMILES string of the molecule is CCc1oc2ccccc2c1CNC(C)CCN(C)C. The predicted molar refractivity (Wildman–Crippen MR) is 85.1 cm³/mol. The lowest BCUT2D eigenvalue weighted by Crippen LogP contribution is -2.29. The predicted octanol–water partition coefficient (Wildman–Crippen LogP) is 3.43. The largest absolute Gasteiger partial charge is 0.461 e. The van der Waals surface area contributed by atoms with Gasteiger partial charge in [0.15, 0.2) is 0 Å². The molecule has 1 aromatic heterocycles. The first-order chi connectivity index (χ1) is 9.61. The second-order valence-corrected chi connectivity index (χ2v) is 5.73. The number of nitrogens with one attached hydrogen (secondary N) is 1. The summed E-state index contributed by atoms with van der Waals surface area (Å²) in [5.41, 5.74) is 2.32. The Morgan fingerprint density at radius 3 is 2.70 bits per heavy atom. The molecule has 0 fully saturated rings. The first-order valence-electron chi connectivity index (χ1n) is 7.49. The van der Waals surface area contributed by atoms with E-state index < -0.39 is 0 Å². The number of rotatable bonds is 7. The number of furan rings is 1. The van der Waals surface area contributed by atoms with Gasteiger partial charge in [0.05, 0.1) is 0 Å². The molecule has 1 unspecified atom stereocenters. The van der Waals surface area contributed by atoms with Crippen LogP contribution >= 0.6 is 0 Å². The van der Waals surface area contributed by atoms with E-state index in [1.165, 1.54) is 10.9 Å². The molecule has 1 aromatic carbocycles. The summed E-state index contributed by atoms with van der Waals surface area (Å²) >= 11 is 0. The fourth-order valence-electron chi connectivity index (χ4n) is 2.46. The molecule has 0 aliphatic rings. The normalized spacial score (nSPS) is 13.2. The third-order valence-electron chi connectivity index (χ3n) is 3.74. The number of para-hydroxylation sites is 1. The van der Waals surface area contributed by atoms with Crippen LogP contribution in [0.3, 0.4) is 0 Å². The van der Waals surface area contributed by atoms with E-state index in [9.17, 15) is 0 Å². The van der Waals surface area contributed by atoms with Gasteiger partial charge in [-0.25, -0.2) is 0 Å². The molecule has 0 bridgehead atoms. The van der Waals surface area contributed by atoms with Crippen molar-refractivity contribution in [2.24, 2.45) is 0 Å². The van der Waals surface area contributed by atoms with Crippen molar-refractivity contribution in [2.45, 2.75) is 39.3 Å². The first kappa shape index (κ1) is 15.1. The Morgan fingerprint density at radius 2 is 2.00 bits per heavy atom. The molecule has 0 aliphatic heterocycles. The van der Waals surface area contributed by atoms with E-state index >= 15 is 0 Å². The van der Waals surface area contributed by atoms with Crippen LogP contribution in [-0.4, -0.2) is 31.6 Å². The number of aryl methyl sites for hydroxylation is 1. The van der Waals surface area contributed by atoms with Crippen LogP contribution in [0.2, 0.25) is 0 Å². The minimum absolute atomic E-state index is 0.510. The van der Waals surface area contributed by atoms with E-state index in [0.717, 1.165) is 37.3 Å². The lowest BCUT2D eigenvalue weighted by molar-refractivity contribution is 0.365. The highest BCUT2D eigenvalue weighted by atomic mass is 16.3. The van der Waals surface area contributed by atoms with Crippen molar-refractivity contribution in [2.75, 3.05) is 20.6 Å². The van der Waals surface area contributed by atoms with Gasteiger partial charge in [-0.15, -0.1) is 0 Å². The molecule has 2 aromatic rings. The molecule has 1 N–H and O–H groups in total. The van der Waals surface area contributed by atoms with Crippen LogP contribution in [-0.2, 0) is 13.0 Å². The summed E-state index contributed by atoms with van der Waals surface area (Å²) in [6, 6.07) is 8.82. The molecule has 0 amide bonds. The van der Waals surface area contributed by atoms with Gasteiger partial charge in [-0.1, -0.05) is 25.1 Å². The van der Waals surface area contributed by atoms with E-state index in [1.807, 2.05) is 12.1 Å². The van der Waals surface area contributed by atoms with Crippen LogP contribution in [0, 0.1) is 0 Å². The first-order valence-corrected chi connectivity index (χ1v) is 7.49. The zero-order valence-corrected chi connectivity index (χ0v) is 13.1. The molecule has 110 valence electrons. The van der Waals surface area contributed by atoms with Crippen molar-refractivity contribution in [3.63, 3.8) is 0 Å². The number of fused-ring (bicyclic) bond motifs is 1. The van der Waals surface area contributed by atoms with Gasteiger partial charge < -0.3 is 14.6 Å². The van der Waals surface area contributed by atoms with Crippen LogP contribution in [0.15, 0.2) is 28.7 Å². The highest BCUT2D eigenvalue weighted by Crippen LogP contribution is 2.26. The maximum absolute atomic E-state index is 5.93. The van der Waals surface area contributed by atoms with E-state index in [1.54, 1.807) is 0 Å². The Kier molecular flexibility index (Phi) is 5.21. The number of hydrogen-bond acceptors (Lipinski definition) is 3. The minimum Gasteiger partial charge on any atom is -0.461 e. The van der Waals surface area contributed by atoms with Crippen molar-refractivity contribution in [1.29, 1.82) is 0 Å². The van der Waals surface area contributed by atoms with Gasteiger partial charge in [-0.05, 0) is 40.1 Å². The molecule has 20 heavy (non-hydrogen) atoms. The highest BCUT2D eigenvalue weighted by Gasteiger charge is 2.13. The number of benzene rings is 1. The third kappa shape index (κ3) is 3.62. The van der Waals surface area contributed by atoms with Crippen LogP contribution < -0.4 is 5.32 Å². The van der Waals surface area contributed by atoms with Gasteiger partial charge in [0.1, 0.15) is 11.3 Å². The molecule has 0 aliphatic carbocycles. The van der Waals surface area contributed by atoms with E-state index in [2.05, 4.69) is 50.3 Å². The molecule has 1 atom stereocenters. The molecule has 3 nitrogen and oxygen atoms in total. The molecule has 0 spiro atoms.